The van der Waals surface area contributed by atoms with E-state index in [4.69, 9.17) is 5.73 Å². The summed E-state index contributed by atoms with van der Waals surface area (Å²) in [5, 5.41) is 2.85. The highest BCUT2D eigenvalue weighted by Gasteiger charge is 2.34. The first kappa shape index (κ1) is 15.8. The van der Waals surface area contributed by atoms with Crippen LogP contribution in [0.15, 0.2) is 48.5 Å². The van der Waals surface area contributed by atoms with E-state index in [1.807, 2.05) is 35.2 Å². The van der Waals surface area contributed by atoms with Crippen molar-refractivity contribution in [2.45, 2.75) is 24.8 Å². The van der Waals surface area contributed by atoms with Crippen LogP contribution < -0.4 is 11.1 Å². The Labute approximate surface area is 146 Å². The van der Waals surface area contributed by atoms with Crippen molar-refractivity contribution in [2.24, 2.45) is 5.73 Å². The minimum Gasteiger partial charge on any atom is -0.336 e. The third kappa shape index (κ3) is 3.03. The Morgan fingerprint density at radius 2 is 1.88 bits per heavy atom. The monoisotopic (exact) mass is 335 g/mol. The van der Waals surface area contributed by atoms with Gasteiger partial charge in [0.15, 0.2) is 0 Å². The number of hydrogen-bond donors (Lipinski definition) is 2. The van der Waals surface area contributed by atoms with Gasteiger partial charge in [0.2, 0.25) is 5.91 Å². The molecule has 1 saturated heterocycles. The first-order chi connectivity index (χ1) is 12.1. The van der Waals surface area contributed by atoms with Crippen LogP contribution in [-0.2, 0) is 11.2 Å². The summed E-state index contributed by atoms with van der Waals surface area (Å²) in [5.41, 5.74) is 9.98. The van der Waals surface area contributed by atoms with Gasteiger partial charge in [0.05, 0.1) is 0 Å². The molecule has 0 spiro atoms. The minimum absolute atomic E-state index is 0.00795. The summed E-state index contributed by atoms with van der Waals surface area (Å²) in [6.45, 7) is 1.20. The molecule has 2 aliphatic rings. The number of anilines is 1. The van der Waals surface area contributed by atoms with Crippen molar-refractivity contribution in [2.75, 3.05) is 18.4 Å². The molecule has 2 aliphatic heterocycles. The number of fused-ring (bicyclic) bond motifs is 1. The Balaban J connectivity index is 1.53. The summed E-state index contributed by atoms with van der Waals surface area (Å²) < 4.78 is 0. The van der Waals surface area contributed by atoms with Crippen molar-refractivity contribution >= 4 is 17.5 Å². The molecule has 5 heteroatoms. The second kappa shape index (κ2) is 6.33. The molecule has 2 heterocycles. The highest BCUT2D eigenvalue weighted by molar-refractivity contribution is 5.98. The fourth-order valence-electron chi connectivity index (χ4n) is 3.75. The number of carbonyl (C=O) groups is 2. The van der Waals surface area contributed by atoms with Crippen LogP contribution in [0.2, 0.25) is 0 Å². The largest absolute Gasteiger partial charge is 0.336 e. The highest BCUT2D eigenvalue weighted by atomic mass is 16.2. The fourth-order valence-corrected chi connectivity index (χ4v) is 3.75. The number of carbonyl (C=O) groups excluding carboxylic acids is 2. The Hall–Kier alpha value is -2.66. The highest BCUT2D eigenvalue weighted by Crippen LogP contribution is 2.29. The average Bonchev–Trinajstić information content (AvgIpc) is 3.03. The molecule has 0 aliphatic carbocycles. The molecule has 2 aromatic carbocycles. The molecular weight excluding hydrogens is 314 g/mol. The van der Waals surface area contributed by atoms with Gasteiger partial charge in [-0.3, -0.25) is 9.59 Å². The third-order valence-corrected chi connectivity index (χ3v) is 5.13. The van der Waals surface area contributed by atoms with Crippen LogP contribution in [0.5, 0.6) is 0 Å². The normalized spacial score (nSPS) is 22.4. The first-order valence-electron chi connectivity index (χ1n) is 8.64. The summed E-state index contributed by atoms with van der Waals surface area (Å²) in [7, 11) is 0. The van der Waals surface area contributed by atoms with E-state index in [1.165, 1.54) is 5.56 Å². The van der Waals surface area contributed by atoms with Gasteiger partial charge in [-0.15, -0.1) is 0 Å². The predicted octanol–water partition coefficient (Wildman–Crippen LogP) is 2.14. The standard InChI is InChI=1S/C20H21N3O2/c21-17-12-23(11-16(17)13-4-2-1-3-5-13)20(25)15-6-8-18-14(10-15)7-9-19(24)22-18/h1-6,8,10,16-17H,7,9,11-12,21H2,(H,22,24)/t16-,17+/m0/s1. The summed E-state index contributed by atoms with van der Waals surface area (Å²) in [5.74, 6) is 0.207. The van der Waals surface area contributed by atoms with Crippen LogP contribution in [0.1, 0.15) is 33.8 Å². The lowest BCUT2D eigenvalue weighted by atomic mass is 9.95. The molecule has 5 nitrogen and oxygen atoms in total. The van der Waals surface area contributed by atoms with Crippen LogP contribution >= 0.6 is 0 Å². The van der Waals surface area contributed by atoms with E-state index in [1.54, 1.807) is 6.07 Å². The first-order valence-corrected chi connectivity index (χ1v) is 8.64. The zero-order chi connectivity index (χ0) is 17.4. The Morgan fingerprint density at radius 3 is 2.68 bits per heavy atom. The molecule has 1 fully saturated rings. The second-order valence-electron chi connectivity index (χ2n) is 6.81. The van der Waals surface area contributed by atoms with E-state index in [9.17, 15) is 9.59 Å². The molecular formula is C20H21N3O2. The number of rotatable bonds is 2. The van der Waals surface area contributed by atoms with E-state index in [0.717, 1.165) is 11.3 Å². The van der Waals surface area contributed by atoms with Crippen molar-refractivity contribution in [3.05, 3.63) is 65.2 Å². The van der Waals surface area contributed by atoms with Crippen LogP contribution in [0.4, 0.5) is 5.69 Å². The average molecular weight is 335 g/mol. The number of aryl methyl sites for hydroxylation is 1. The molecule has 128 valence electrons. The number of nitrogens with zero attached hydrogens (tertiary/aromatic N) is 1. The van der Waals surface area contributed by atoms with Gasteiger partial charge < -0.3 is 16.0 Å². The van der Waals surface area contributed by atoms with Gasteiger partial charge in [-0.05, 0) is 35.7 Å². The summed E-state index contributed by atoms with van der Waals surface area (Å²) in [4.78, 5) is 26.2. The van der Waals surface area contributed by atoms with Gasteiger partial charge in [0.1, 0.15) is 0 Å². The van der Waals surface area contributed by atoms with E-state index in [-0.39, 0.29) is 23.8 Å². The number of nitrogens with one attached hydrogen (secondary N) is 1. The maximum absolute atomic E-state index is 12.9. The van der Waals surface area contributed by atoms with Gasteiger partial charge >= 0.3 is 0 Å². The van der Waals surface area contributed by atoms with E-state index in [0.29, 0.717) is 31.5 Å². The molecule has 2 amide bonds. The van der Waals surface area contributed by atoms with Crippen LogP contribution in [0, 0.1) is 0 Å². The summed E-state index contributed by atoms with van der Waals surface area (Å²) in [6, 6.07) is 15.6. The van der Waals surface area contributed by atoms with Crippen molar-refractivity contribution in [1.29, 1.82) is 0 Å². The lowest BCUT2D eigenvalue weighted by Crippen LogP contribution is -2.32. The zero-order valence-corrected chi connectivity index (χ0v) is 13.9. The van der Waals surface area contributed by atoms with Crippen molar-refractivity contribution < 1.29 is 9.59 Å². The lowest BCUT2D eigenvalue weighted by molar-refractivity contribution is -0.116. The maximum Gasteiger partial charge on any atom is 0.253 e. The van der Waals surface area contributed by atoms with Crippen molar-refractivity contribution in [3.8, 4) is 0 Å². The quantitative estimate of drug-likeness (QED) is 0.883. The molecule has 0 bridgehead atoms. The molecule has 3 N–H and O–H groups in total. The smallest absolute Gasteiger partial charge is 0.253 e. The fraction of sp³-hybridized carbons (Fsp3) is 0.300. The van der Waals surface area contributed by atoms with Gasteiger partial charge in [-0.1, -0.05) is 30.3 Å². The van der Waals surface area contributed by atoms with E-state index < -0.39 is 0 Å². The number of likely N-dealkylation sites (tertiary alicyclic amines) is 1. The molecule has 0 aromatic heterocycles. The number of benzene rings is 2. The van der Waals surface area contributed by atoms with Gasteiger partial charge in [-0.25, -0.2) is 0 Å². The topological polar surface area (TPSA) is 75.4 Å². The zero-order valence-electron chi connectivity index (χ0n) is 13.9. The molecule has 0 saturated carbocycles. The van der Waals surface area contributed by atoms with Crippen LogP contribution in [0.3, 0.4) is 0 Å². The lowest BCUT2D eigenvalue weighted by Gasteiger charge is -2.20. The molecule has 0 unspecified atom stereocenters. The Morgan fingerprint density at radius 1 is 1.08 bits per heavy atom. The van der Waals surface area contributed by atoms with E-state index >= 15 is 0 Å². The van der Waals surface area contributed by atoms with E-state index in [2.05, 4.69) is 17.4 Å². The maximum atomic E-state index is 12.9. The van der Waals surface area contributed by atoms with Crippen molar-refractivity contribution in [3.63, 3.8) is 0 Å². The Bertz CT molecular complexity index is 819. The SMILES string of the molecule is N[C@@H]1CN(C(=O)c2ccc3c(c2)CCC(=O)N3)C[C@H]1c1ccccc1. The minimum atomic E-state index is -0.0525. The number of nitrogens with two attached hydrogens (primary N) is 1. The van der Waals surface area contributed by atoms with Gasteiger partial charge in [-0.2, -0.15) is 0 Å². The van der Waals surface area contributed by atoms with Gasteiger partial charge in [0.25, 0.3) is 5.91 Å². The molecule has 25 heavy (non-hydrogen) atoms. The summed E-state index contributed by atoms with van der Waals surface area (Å²) in [6.07, 6.45) is 1.14. The molecule has 2 aromatic rings. The third-order valence-electron chi connectivity index (χ3n) is 5.13. The second-order valence-corrected chi connectivity index (χ2v) is 6.81. The molecule has 2 atom stereocenters. The van der Waals surface area contributed by atoms with Crippen molar-refractivity contribution in [1.82, 2.24) is 4.90 Å². The molecule has 0 radical (unpaired) electrons. The van der Waals surface area contributed by atoms with Gasteiger partial charge in [0, 0.05) is 42.7 Å². The van der Waals surface area contributed by atoms with Crippen LogP contribution in [-0.4, -0.2) is 35.8 Å². The number of hydrogen-bond acceptors (Lipinski definition) is 3. The predicted molar refractivity (Wildman–Crippen MR) is 96.5 cm³/mol. The summed E-state index contributed by atoms with van der Waals surface area (Å²) >= 11 is 0. The van der Waals surface area contributed by atoms with Crippen LogP contribution in [0.25, 0.3) is 0 Å². The molecule has 4 rings (SSSR count). The Kier molecular flexibility index (Phi) is 4.01. The number of amides is 2.